The lowest BCUT2D eigenvalue weighted by Gasteiger charge is -2.15. The zero-order chi connectivity index (χ0) is 15.5. The summed E-state index contributed by atoms with van der Waals surface area (Å²) in [5.41, 5.74) is -0.343. The van der Waals surface area contributed by atoms with Crippen LogP contribution in [-0.2, 0) is 21.5 Å². The van der Waals surface area contributed by atoms with Gasteiger partial charge in [0, 0.05) is 5.75 Å². The van der Waals surface area contributed by atoms with E-state index in [1.807, 2.05) is 0 Å². The van der Waals surface area contributed by atoms with Crippen LogP contribution in [0.25, 0.3) is 0 Å². The van der Waals surface area contributed by atoms with Crippen molar-refractivity contribution in [3.05, 3.63) is 35.4 Å². The summed E-state index contributed by atoms with van der Waals surface area (Å²) in [7, 11) is 1.35. The van der Waals surface area contributed by atoms with Gasteiger partial charge >= 0.3 is 12.1 Å². The van der Waals surface area contributed by atoms with E-state index >= 15 is 0 Å². The summed E-state index contributed by atoms with van der Waals surface area (Å²) in [6, 6.07) is 5.63. The second-order valence-corrected chi connectivity index (χ2v) is 6.39. The maximum Gasteiger partial charge on any atom is 0.416 e. The van der Waals surface area contributed by atoms with Gasteiger partial charge in [-0.15, -0.1) is 0 Å². The summed E-state index contributed by atoms with van der Waals surface area (Å²) >= 11 is 1.45. The number of hydrogen-bond donors (Lipinski definition) is 0. The van der Waals surface area contributed by atoms with Crippen LogP contribution in [0.3, 0.4) is 0 Å². The minimum atomic E-state index is -4.32. The van der Waals surface area contributed by atoms with Gasteiger partial charge in [-0.05, 0) is 35.6 Å². The van der Waals surface area contributed by atoms with Crippen LogP contribution in [0.2, 0.25) is 0 Å². The lowest BCUT2D eigenvalue weighted by Crippen LogP contribution is -2.13. The fourth-order valence-electron chi connectivity index (χ4n) is 2.23. The summed E-state index contributed by atoms with van der Waals surface area (Å²) in [5, 5.41) is 0. The highest BCUT2D eigenvalue weighted by Gasteiger charge is 2.44. The Morgan fingerprint density at radius 2 is 2.00 bits per heavy atom. The molecule has 0 unspecified atom stereocenters. The first-order valence-corrected chi connectivity index (χ1v) is 7.81. The highest BCUT2D eigenvalue weighted by Crippen LogP contribution is 2.51. The smallest absolute Gasteiger partial charge is 0.416 e. The first-order chi connectivity index (χ1) is 9.86. The number of esters is 1. The predicted molar refractivity (Wildman–Crippen MR) is 75.9 cm³/mol. The van der Waals surface area contributed by atoms with Crippen LogP contribution in [0.15, 0.2) is 24.3 Å². The molecule has 1 saturated carbocycles. The lowest BCUT2D eigenvalue weighted by molar-refractivity contribution is -0.142. The van der Waals surface area contributed by atoms with Crippen molar-refractivity contribution in [1.29, 1.82) is 0 Å². The third kappa shape index (κ3) is 4.40. The summed E-state index contributed by atoms with van der Waals surface area (Å²) in [6.07, 6.45) is -2.08. The number of ether oxygens (including phenoxy) is 1. The SMILES string of the molecule is COC(=O)CC1(CSCc2ccccc2C(F)(F)F)CC1. The molecule has 0 saturated heterocycles. The molecule has 2 rings (SSSR count). The topological polar surface area (TPSA) is 26.3 Å². The van der Waals surface area contributed by atoms with Crippen molar-refractivity contribution in [2.75, 3.05) is 12.9 Å². The van der Waals surface area contributed by atoms with Crippen molar-refractivity contribution in [3.63, 3.8) is 0 Å². The van der Waals surface area contributed by atoms with Gasteiger partial charge in [-0.3, -0.25) is 4.79 Å². The Bertz CT molecular complexity index is 510. The number of alkyl halides is 3. The Kier molecular flexibility index (Phi) is 4.86. The van der Waals surface area contributed by atoms with Crippen molar-refractivity contribution in [1.82, 2.24) is 0 Å². The molecule has 116 valence electrons. The quantitative estimate of drug-likeness (QED) is 0.732. The molecule has 0 aliphatic heterocycles. The van der Waals surface area contributed by atoms with Crippen LogP contribution in [0.1, 0.15) is 30.4 Å². The molecule has 6 heteroatoms. The van der Waals surface area contributed by atoms with Crippen LogP contribution in [0.4, 0.5) is 13.2 Å². The van der Waals surface area contributed by atoms with Crippen molar-refractivity contribution in [3.8, 4) is 0 Å². The first-order valence-electron chi connectivity index (χ1n) is 6.66. The summed E-state index contributed by atoms with van der Waals surface area (Å²) < 4.78 is 43.3. The van der Waals surface area contributed by atoms with Crippen molar-refractivity contribution >= 4 is 17.7 Å². The average molecular weight is 318 g/mol. The number of carbonyl (C=O) groups is 1. The van der Waals surface area contributed by atoms with Crippen LogP contribution in [0.5, 0.6) is 0 Å². The third-order valence-corrected chi connectivity index (χ3v) is 5.02. The van der Waals surface area contributed by atoms with Gasteiger partial charge in [0.05, 0.1) is 19.1 Å². The highest BCUT2D eigenvalue weighted by molar-refractivity contribution is 7.98. The van der Waals surface area contributed by atoms with E-state index in [4.69, 9.17) is 0 Å². The van der Waals surface area contributed by atoms with E-state index in [2.05, 4.69) is 4.74 Å². The first kappa shape index (κ1) is 16.2. The van der Waals surface area contributed by atoms with Gasteiger partial charge in [-0.25, -0.2) is 0 Å². The zero-order valence-electron chi connectivity index (χ0n) is 11.7. The van der Waals surface area contributed by atoms with E-state index in [9.17, 15) is 18.0 Å². The van der Waals surface area contributed by atoms with Crippen molar-refractivity contribution in [2.24, 2.45) is 5.41 Å². The van der Waals surface area contributed by atoms with Gasteiger partial charge in [0.2, 0.25) is 0 Å². The number of thioether (sulfide) groups is 1. The average Bonchev–Trinajstić information content (AvgIpc) is 3.18. The van der Waals surface area contributed by atoms with Gasteiger partial charge < -0.3 is 4.74 Å². The van der Waals surface area contributed by atoms with Crippen molar-refractivity contribution < 1.29 is 22.7 Å². The molecule has 0 heterocycles. The summed E-state index contributed by atoms with van der Waals surface area (Å²) in [6.45, 7) is 0. The molecule has 0 bridgehead atoms. The molecule has 0 amide bonds. The van der Waals surface area contributed by atoms with Gasteiger partial charge in [0.25, 0.3) is 0 Å². The highest BCUT2D eigenvalue weighted by atomic mass is 32.2. The zero-order valence-corrected chi connectivity index (χ0v) is 12.5. The third-order valence-electron chi connectivity index (χ3n) is 3.69. The second-order valence-electron chi connectivity index (χ2n) is 5.40. The van der Waals surface area contributed by atoms with E-state index in [0.717, 1.165) is 18.9 Å². The molecule has 0 spiro atoms. The van der Waals surface area contributed by atoms with E-state index in [0.29, 0.717) is 23.5 Å². The van der Waals surface area contributed by atoms with E-state index < -0.39 is 11.7 Å². The molecule has 0 N–H and O–H groups in total. The minimum absolute atomic E-state index is 0.0645. The fraction of sp³-hybridized carbons (Fsp3) is 0.533. The number of benzene rings is 1. The van der Waals surface area contributed by atoms with Crippen LogP contribution >= 0.6 is 11.8 Å². The maximum absolute atomic E-state index is 12.9. The molecule has 1 aliphatic rings. The maximum atomic E-state index is 12.9. The van der Waals surface area contributed by atoms with E-state index in [1.54, 1.807) is 6.07 Å². The molecular formula is C15H17F3O2S. The number of carbonyl (C=O) groups excluding carboxylic acids is 1. The van der Waals surface area contributed by atoms with Crippen LogP contribution in [0, 0.1) is 5.41 Å². The molecule has 0 radical (unpaired) electrons. The Morgan fingerprint density at radius 1 is 1.33 bits per heavy atom. The number of hydrogen-bond acceptors (Lipinski definition) is 3. The molecule has 1 aliphatic carbocycles. The monoisotopic (exact) mass is 318 g/mol. The molecule has 0 atom stereocenters. The number of halogens is 3. The Morgan fingerprint density at radius 3 is 2.57 bits per heavy atom. The number of methoxy groups -OCH3 is 1. The normalized spacial score (nSPS) is 16.6. The molecule has 1 aromatic carbocycles. The lowest BCUT2D eigenvalue weighted by atomic mass is 10.1. The van der Waals surface area contributed by atoms with E-state index in [1.165, 1.54) is 31.0 Å². The van der Waals surface area contributed by atoms with E-state index in [-0.39, 0.29) is 11.4 Å². The molecule has 1 aromatic rings. The fourth-order valence-corrected chi connectivity index (χ4v) is 3.62. The summed E-state index contributed by atoms with van der Waals surface area (Å²) in [5.74, 6) is 0.746. The molecule has 1 fully saturated rings. The Labute approximate surface area is 126 Å². The van der Waals surface area contributed by atoms with Crippen molar-refractivity contribution in [2.45, 2.75) is 31.2 Å². The molecule has 21 heavy (non-hydrogen) atoms. The summed E-state index contributed by atoms with van der Waals surface area (Å²) in [4.78, 5) is 11.3. The Balaban J connectivity index is 1.91. The Hall–Kier alpha value is -1.17. The molecule has 2 nitrogen and oxygen atoms in total. The van der Waals surface area contributed by atoms with Gasteiger partial charge in [0.15, 0.2) is 0 Å². The molecular weight excluding hydrogens is 301 g/mol. The molecule has 0 aromatic heterocycles. The largest absolute Gasteiger partial charge is 0.469 e. The number of rotatable bonds is 6. The van der Waals surface area contributed by atoms with Gasteiger partial charge in [-0.2, -0.15) is 24.9 Å². The minimum Gasteiger partial charge on any atom is -0.469 e. The van der Waals surface area contributed by atoms with Crippen LogP contribution < -0.4 is 0 Å². The van der Waals surface area contributed by atoms with Gasteiger partial charge in [0.1, 0.15) is 0 Å². The standard InChI is InChI=1S/C15H17F3O2S/c1-20-13(19)8-14(6-7-14)10-21-9-11-4-2-3-5-12(11)15(16,17)18/h2-5H,6-10H2,1H3. The van der Waals surface area contributed by atoms with Crippen LogP contribution in [-0.4, -0.2) is 18.8 Å². The second kappa shape index (κ2) is 6.30. The predicted octanol–water partition coefficient (Wildman–Crippen LogP) is 4.28. The van der Waals surface area contributed by atoms with Gasteiger partial charge in [-0.1, -0.05) is 18.2 Å².